The summed E-state index contributed by atoms with van der Waals surface area (Å²) < 4.78 is 13.3. The maximum Gasteiger partial charge on any atom is 0.304 e. The van der Waals surface area contributed by atoms with Crippen LogP contribution in [0.2, 0.25) is 0 Å². The van der Waals surface area contributed by atoms with Crippen LogP contribution >= 0.6 is 0 Å². The largest absolute Gasteiger partial charge is 0.508 e. The summed E-state index contributed by atoms with van der Waals surface area (Å²) in [5, 5.41) is 17.8. The van der Waals surface area contributed by atoms with Crippen molar-refractivity contribution in [1.82, 2.24) is 0 Å². The lowest BCUT2D eigenvalue weighted by Gasteiger charge is -2.13. The van der Waals surface area contributed by atoms with Gasteiger partial charge in [0.15, 0.2) is 0 Å². The van der Waals surface area contributed by atoms with Crippen molar-refractivity contribution in [2.75, 3.05) is 6.54 Å². The summed E-state index contributed by atoms with van der Waals surface area (Å²) in [7, 11) is 0. The lowest BCUT2D eigenvalue weighted by atomic mass is 9.95. The molecule has 0 aliphatic rings. The fourth-order valence-corrected chi connectivity index (χ4v) is 1.38. The van der Waals surface area contributed by atoms with E-state index in [-0.39, 0.29) is 24.3 Å². The lowest BCUT2D eigenvalue weighted by molar-refractivity contribution is -0.137. The van der Waals surface area contributed by atoms with Crippen LogP contribution in [0.25, 0.3) is 0 Å². The normalized spacial score (nSPS) is 12.4. The van der Waals surface area contributed by atoms with Gasteiger partial charge in [-0.25, -0.2) is 4.39 Å². The smallest absolute Gasteiger partial charge is 0.304 e. The van der Waals surface area contributed by atoms with Crippen LogP contribution < -0.4 is 5.73 Å². The Morgan fingerprint density at radius 1 is 1.53 bits per heavy atom. The summed E-state index contributed by atoms with van der Waals surface area (Å²) in [5.74, 6) is -2.32. The molecule has 5 heteroatoms. The van der Waals surface area contributed by atoms with Gasteiger partial charge < -0.3 is 15.9 Å². The fraction of sp³-hybridized carbons (Fsp3) is 0.300. The van der Waals surface area contributed by atoms with Gasteiger partial charge in [-0.1, -0.05) is 0 Å². The number of aromatic hydroxyl groups is 1. The second kappa shape index (κ2) is 4.75. The fourth-order valence-electron chi connectivity index (χ4n) is 1.38. The quantitative estimate of drug-likeness (QED) is 0.698. The Bertz CT molecular complexity index is 368. The minimum atomic E-state index is -1.05. The highest BCUT2D eigenvalue weighted by atomic mass is 19.1. The summed E-state index contributed by atoms with van der Waals surface area (Å²) in [6.45, 7) is 0.0205. The van der Waals surface area contributed by atoms with Crippen LogP contribution in [0.4, 0.5) is 4.39 Å². The number of halogens is 1. The van der Waals surface area contributed by atoms with Gasteiger partial charge in [0.05, 0.1) is 6.42 Å². The van der Waals surface area contributed by atoms with E-state index in [1.165, 1.54) is 12.1 Å². The predicted octanol–water partition coefficient (Wildman–Crippen LogP) is 1.05. The zero-order valence-electron chi connectivity index (χ0n) is 7.98. The van der Waals surface area contributed by atoms with E-state index in [9.17, 15) is 9.18 Å². The first-order chi connectivity index (χ1) is 7.04. The highest BCUT2D eigenvalue weighted by Crippen LogP contribution is 2.25. The molecule has 1 rings (SSSR count). The summed E-state index contributed by atoms with van der Waals surface area (Å²) in [6, 6.07) is 3.50. The molecular formula is C10H12FNO3. The van der Waals surface area contributed by atoms with Gasteiger partial charge in [-0.3, -0.25) is 4.79 Å². The predicted molar refractivity (Wildman–Crippen MR) is 52.1 cm³/mol. The Morgan fingerprint density at radius 3 is 2.73 bits per heavy atom. The highest BCUT2D eigenvalue weighted by Gasteiger charge is 2.18. The Kier molecular flexibility index (Phi) is 3.62. The van der Waals surface area contributed by atoms with Crippen molar-refractivity contribution in [3.05, 3.63) is 29.6 Å². The Labute approximate surface area is 86.1 Å². The molecule has 0 fully saturated rings. The molecule has 1 unspecified atom stereocenters. The molecule has 0 heterocycles. The molecule has 4 N–H and O–H groups in total. The monoisotopic (exact) mass is 213 g/mol. The first-order valence-corrected chi connectivity index (χ1v) is 4.45. The van der Waals surface area contributed by atoms with Crippen LogP contribution in [-0.2, 0) is 4.79 Å². The van der Waals surface area contributed by atoms with Crippen molar-refractivity contribution in [1.29, 1.82) is 0 Å². The molecule has 0 saturated heterocycles. The number of carboxylic acid groups (broad SMARTS) is 1. The molecule has 0 saturated carbocycles. The molecule has 0 amide bonds. The molecule has 1 atom stereocenters. The van der Waals surface area contributed by atoms with Crippen LogP contribution in [-0.4, -0.2) is 22.7 Å². The molecule has 0 aliphatic carbocycles. The first kappa shape index (κ1) is 11.5. The summed E-state index contributed by atoms with van der Waals surface area (Å²) in [6.07, 6.45) is -0.253. The van der Waals surface area contributed by atoms with Crippen LogP contribution in [0.5, 0.6) is 5.75 Å². The van der Waals surface area contributed by atoms with Gasteiger partial charge in [-0.15, -0.1) is 0 Å². The molecule has 0 aliphatic heterocycles. The zero-order chi connectivity index (χ0) is 11.4. The van der Waals surface area contributed by atoms with Gasteiger partial charge in [-0.05, 0) is 30.3 Å². The molecule has 15 heavy (non-hydrogen) atoms. The molecule has 0 radical (unpaired) electrons. The van der Waals surface area contributed by atoms with E-state index in [1.807, 2.05) is 0 Å². The topological polar surface area (TPSA) is 83.6 Å². The van der Waals surface area contributed by atoms with Gasteiger partial charge in [-0.2, -0.15) is 0 Å². The number of aliphatic carboxylic acids is 1. The second-order valence-electron chi connectivity index (χ2n) is 3.24. The number of carboxylic acids is 1. The van der Waals surface area contributed by atoms with Crippen molar-refractivity contribution in [3.8, 4) is 5.75 Å². The number of rotatable bonds is 4. The highest BCUT2D eigenvalue weighted by molar-refractivity contribution is 5.68. The molecule has 4 nitrogen and oxygen atoms in total. The van der Waals surface area contributed by atoms with E-state index in [4.69, 9.17) is 15.9 Å². The summed E-state index contributed by atoms with van der Waals surface area (Å²) in [5.41, 5.74) is 5.50. The summed E-state index contributed by atoms with van der Waals surface area (Å²) >= 11 is 0. The molecule has 0 aromatic heterocycles. The van der Waals surface area contributed by atoms with Crippen molar-refractivity contribution in [3.63, 3.8) is 0 Å². The van der Waals surface area contributed by atoms with Crippen molar-refractivity contribution in [2.45, 2.75) is 12.3 Å². The minimum Gasteiger partial charge on any atom is -0.508 e. The zero-order valence-corrected chi connectivity index (χ0v) is 7.98. The van der Waals surface area contributed by atoms with Crippen LogP contribution in [0.3, 0.4) is 0 Å². The number of phenols is 1. The molecular weight excluding hydrogens is 201 g/mol. The molecule has 1 aromatic rings. The number of benzene rings is 1. The SMILES string of the molecule is NCC(CC(=O)O)c1cc(O)ccc1F. The number of hydrogen-bond acceptors (Lipinski definition) is 3. The second-order valence-corrected chi connectivity index (χ2v) is 3.24. The van der Waals surface area contributed by atoms with E-state index in [0.717, 1.165) is 6.07 Å². The molecule has 1 aromatic carbocycles. The molecule has 82 valence electrons. The van der Waals surface area contributed by atoms with Gasteiger partial charge >= 0.3 is 5.97 Å². The third-order valence-electron chi connectivity index (χ3n) is 2.12. The number of phenolic OH excluding ortho intramolecular Hbond substituents is 1. The standard InChI is InChI=1S/C10H12FNO3/c11-9-2-1-7(13)4-8(9)6(5-12)3-10(14)15/h1-2,4,6,13H,3,5,12H2,(H,14,15). The van der Waals surface area contributed by atoms with Crippen LogP contribution in [0, 0.1) is 5.82 Å². The van der Waals surface area contributed by atoms with Crippen LogP contribution in [0.1, 0.15) is 17.9 Å². The Hall–Kier alpha value is -1.62. The summed E-state index contributed by atoms with van der Waals surface area (Å²) in [4.78, 5) is 10.5. The average molecular weight is 213 g/mol. The Balaban J connectivity index is 3.00. The number of carbonyl (C=O) groups is 1. The lowest BCUT2D eigenvalue weighted by Crippen LogP contribution is -2.17. The van der Waals surface area contributed by atoms with Crippen molar-refractivity contribution < 1.29 is 19.4 Å². The van der Waals surface area contributed by atoms with Gasteiger partial charge in [0.2, 0.25) is 0 Å². The number of nitrogens with two attached hydrogens (primary N) is 1. The van der Waals surface area contributed by atoms with Gasteiger partial charge in [0.1, 0.15) is 11.6 Å². The number of hydrogen-bond donors (Lipinski definition) is 3. The Morgan fingerprint density at radius 2 is 2.20 bits per heavy atom. The maximum atomic E-state index is 13.3. The van der Waals surface area contributed by atoms with Crippen LogP contribution in [0.15, 0.2) is 18.2 Å². The maximum absolute atomic E-state index is 13.3. The van der Waals surface area contributed by atoms with Crippen molar-refractivity contribution in [2.24, 2.45) is 5.73 Å². The van der Waals surface area contributed by atoms with Gasteiger partial charge in [0.25, 0.3) is 0 Å². The van der Waals surface area contributed by atoms with E-state index in [0.29, 0.717) is 0 Å². The average Bonchev–Trinajstić information content (AvgIpc) is 2.18. The minimum absolute atomic E-state index is 0.0205. The van der Waals surface area contributed by atoms with E-state index in [2.05, 4.69) is 0 Å². The third-order valence-corrected chi connectivity index (χ3v) is 2.12. The van der Waals surface area contributed by atoms with Crippen molar-refractivity contribution >= 4 is 5.97 Å². The van der Waals surface area contributed by atoms with Gasteiger partial charge in [0, 0.05) is 5.92 Å². The van der Waals surface area contributed by atoms with E-state index < -0.39 is 17.7 Å². The van der Waals surface area contributed by atoms with E-state index in [1.54, 1.807) is 0 Å². The van der Waals surface area contributed by atoms with E-state index >= 15 is 0 Å². The molecule has 0 spiro atoms. The molecule has 0 bridgehead atoms. The first-order valence-electron chi connectivity index (χ1n) is 4.45. The third kappa shape index (κ3) is 2.92.